The van der Waals surface area contributed by atoms with E-state index in [0.29, 0.717) is 10.7 Å². The molecule has 8 rings (SSSR count). The zero-order chi connectivity index (χ0) is 23.7. The largest absolute Gasteiger partial charge is 0.508 e. The number of thioether (sulfide) groups is 1. The summed E-state index contributed by atoms with van der Waals surface area (Å²) < 4.78 is 0. The molecule has 4 nitrogen and oxygen atoms in total. The van der Waals surface area contributed by atoms with E-state index in [1.807, 2.05) is 24.3 Å². The van der Waals surface area contributed by atoms with Gasteiger partial charge in [0.05, 0.1) is 4.91 Å². The average Bonchev–Trinajstić information content (AvgIpc) is 3.14. The number of fused-ring (bicyclic) bond motifs is 1. The van der Waals surface area contributed by atoms with Gasteiger partial charge in [-0.25, -0.2) is 0 Å². The van der Waals surface area contributed by atoms with Gasteiger partial charge in [0.2, 0.25) is 0 Å². The van der Waals surface area contributed by atoms with E-state index in [4.69, 9.17) is 0 Å². The number of phenolic OH excluding ortho intramolecular Hbond substituents is 1. The van der Waals surface area contributed by atoms with Crippen LogP contribution < -0.4 is 5.32 Å². The molecule has 4 bridgehead atoms. The molecule has 2 N–H and O–H groups in total. The molecular formula is C30H27NO3S. The lowest BCUT2D eigenvalue weighted by atomic mass is 9.48. The van der Waals surface area contributed by atoms with E-state index >= 15 is 0 Å². The molecule has 176 valence electrons. The summed E-state index contributed by atoms with van der Waals surface area (Å²) in [6, 6.07) is 18.7. The van der Waals surface area contributed by atoms with Crippen LogP contribution in [0.25, 0.3) is 28.0 Å². The lowest BCUT2D eigenvalue weighted by Gasteiger charge is -2.57. The zero-order valence-electron chi connectivity index (χ0n) is 19.4. The van der Waals surface area contributed by atoms with Gasteiger partial charge in [-0.2, -0.15) is 0 Å². The van der Waals surface area contributed by atoms with Crippen LogP contribution in [0.2, 0.25) is 0 Å². The van der Waals surface area contributed by atoms with Crippen molar-refractivity contribution < 1.29 is 14.7 Å². The van der Waals surface area contributed by atoms with Gasteiger partial charge in [-0.1, -0.05) is 30.3 Å². The Morgan fingerprint density at radius 1 is 0.829 bits per heavy atom. The van der Waals surface area contributed by atoms with Crippen molar-refractivity contribution in [2.24, 2.45) is 17.8 Å². The molecule has 0 atom stereocenters. The van der Waals surface area contributed by atoms with Gasteiger partial charge < -0.3 is 5.11 Å². The van der Waals surface area contributed by atoms with Gasteiger partial charge in [-0.3, -0.25) is 14.9 Å². The van der Waals surface area contributed by atoms with Crippen LogP contribution in [-0.4, -0.2) is 16.3 Å². The molecule has 0 radical (unpaired) electrons. The van der Waals surface area contributed by atoms with Crippen molar-refractivity contribution in [2.45, 2.75) is 43.9 Å². The second-order valence-electron chi connectivity index (χ2n) is 11.1. The Kier molecular flexibility index (Phi) is 4.69. The second-order valence-corrected chi connectivity index (χ2v) is 12.1. The van der Waals surface area contributed by atoms with E-state index in [0.717, 1.165) is 62.5 Å². The van der Waals surface area contributed by atoms with Gasteiger partial charge in [0.25, 0.3) is 11.1 Å². The molecule has 0 spiro atoms. The fraction of sp³-hybridized carbons (Fsp3) is 0.333. The van der Waals surface area contributed by atoms with Crippen LogP contribution >= 0.6 is 11.8 Å². The minimum absolute atomic E-state index is 0.153. The lowest BCUT2D eigenvalue weighted by Crippen LogP contribution is -2.48. The molecule has 2 amide bonds. The third-order valence-corrected chi connectivity index (χ3v) is 9.55. The average molecular weight is 482 g/mol. The molecule has 4 aliphatic carbocycles. The summed E-state index contributed by atoms with van der Waals surface area (Å²) in [6.45, 7) is 0. The van der Waals surface area contributed by atoms with E-state index in [-0.39, 0.29) is 16.6 Å². The smallest absolute Gasteiger partial charge is 0.290 e. The number of benzene rings is 3. The van der Waals surface area contributed by atoms with Crippen LogP contribution in [0.4, 0.5) is 4.79 Å². The Morgan fingerprint density at radius 2 is 1.46 bits per heavy atom. The van der Waals surface area contributed by atoms with Crippen molar-refractivity contribution in [3.63, 3.8) is 0 Å². The van der Waals surface area contributed by atoms with Gasteiger partial charge in [0.1, 0.15) is 5.75 Å². The Balaban J connectivity index is 1.23. The SMILES string of the molecule is O=C1NC(=O)/C(=C/c2ccc3cc(-c4ccc(O)c(C56CC7CC(CC(C7)C5)C6)c4)ccc3c2)S1. The molecule has 1 saturated heterocycles. The summed E-state index contributed by atoms with van der Waals surface area (Å²) in [5, 5.41) is 15.1. The first-order valence-corrected chi connectivity index (χ1v) is 13.4. The quantitative estimate of drug-likeness (QED) is 0.395. The first kappa shape index (κ1) is 21.3. The minimum Gasteiger partial charge on any atom is -0.508 e. The number of rotatable bonds is 3. The number of imide groups is 1. The van der Waals surface area contributed by atoms with Crippen LogP contribution in [0.5, 0.6) is 5.75 Å². The van der Waals surface area contributed by atoms with Crippen LogP contribution in [0.1, 0.15) is 49.7 Å². The monoisotopic (exact) mass is 481 g/mol. The van der Waals surface area contributed by atoms with E-state index in [2.05, 4.69) is 35.6 Å². The standard InChI is InChI=1S/C30H27NO3S/c32-26-6-5-24(13-25(26)30-14-18-7-19(15-30)9-20(8-18)16-30)23-4-3-21-10-17(1-2-22(21)12-23)11-27-28(33)31-29(34)35-27/h1-6,10-13,18-20,32H,7-9,14-16H2,(H,31,33,34)/b27-11-. The van der Waals surface area contributed by atoms with Crippen LogP contribution in [0.3, 0.4) is 0 Å². The molecule has 5 fully saturated rings. The van der Waals surface area contributed by atoms with Crippen molar-refractivity contribution in [1.82, 2.24) is 5.32 Å². The fourth-order valence-corrected chi connectivity index (χ4v) is 8.37. The normalized spacial score (nSPS) is 30.4. The third-order valence-electron chi connectivity index (χ3n) is 8.74. The summed E-state index contributed by atoms with van der Waals surface area (Å²) in [4.78, 5) is 23.7. The summed E-state index contributed by atoms with van der Waals surface area (Å²) in [7, 11) is 0. The van der Waals surface area contributed by atoms with Crippen molar-refractivity contribution in [3.05, 3.63) is 70.6 Å². The van der Waals surface area contributed by atoms with E-state index < -0.39 is 0 Å². The second kappa shape index (κ2) is 7.72. The first-order chi connectivity index (χ1) is 16.9. The summed E-state index contributed by atoms with van der Waals surface area (Å²) in [5.74, 6) is 2.63. The summed E-state index contributed by atoms with van der Waals surface area (Å²) in [6.07, 6.45) is 9.62. The van der Waals surface area contributed by atoms with Crippen LogP contribution in [0, 0.1) is 17.8 Å². The number of aromatic hydroxyl groups is 1. The maximum Gasteiger partial charge on any atom is 0.290 e. The van der Waals surface area contributed by atoms with Gasteiger partial charge in [0, 0.05) is 5.56 Å². The lowest BCUT2D eigenvalue weighted by molar-refractivity contribution is -0.115. The Morgan fingerprint density at radius 3 is 2.14 bits per heavy atom. The Bertz CT molecular complexity index is 1400. The summed E-state index contributed by atoms with van der Waals surface area (Å²) >= 11 is 0.937. The van der Waals surface area contributed by atoms with Crippen LogP contribution in [-0.2, 0) is 10.2 Å². The number of phenols is 1. The molecule has 3 aromatic rings. The molecule has 5 heteroatoms. The highest BCUT2D eigenvalue weighted by Crippen LogP contribution is 2.62. The van der Waals surface area contributed by atoms with Crippen molar-refractivity contribution in [3.8, 4) is 16.9 Å². The molecule has 0 aromatic heterocycles. The maximum absolute atomic E-state index is 11.9. The molecule has 5 aliphatic rings. The minimum atomic E-state index is -0.336. The predicted molar refractivity (Wildman–Crippen MR) is 140 cm³/mol. The highest BCUT2D eigenvalue weighted by Gasteiger charge is 2.52. The molecule has 0 unspecified atom stereocenters. The van der Waals surface area contributed by atoms with Crippen LogP contribution in [0.15, 0.2) is 59.5 Å². The van der Waals surface area contributed by atoms with Gasteiger partial charge >= 0.3 is 0 Å². The topological polar surface area (TPSA) is 66.4 Å². The highest BCUT2D eigenvalue weighted by atomic mass is 32.2. The highest BCUT2D eigenvalue weighted by molar-refractivity contribution is 8.18. The van der Waals surface area contributed by atoms with E-state index in [1.54, 1.807) is 6.08 Å². The number of hydrogen-bond acceptors (Lipinski definition) is 4. The number of carbonyl (C=O) groups is 2. The number of hydrogen-bond donors (Lipinski definition) is 2. The first-order valence-electron chi connectivity index (χ1n) is 12.6. The molecular weight excluding hydrogens is 454 g/mol. The van der Waals surface area contributed by atoms with E-state index in [1.165, 1.54) is 38.5 Å². The van der Waals surface area contributed by atoms with E-state index in [9.17, 15) is 14.7 Å². The van der Waals surface area contributed by atoms with Gasteiger partial charge in [0.15, 0.2) is 0 Å². The predicted octanol–water partition coefficient (Wildman–Crippen LogP) is 7.00. The number of amides is 2. The molecule has 1 heterocycles. The Hall–Kier alpha value is -3.05. The van der Waals surface area contributed by atoms with Gasteiger partial charge in [-0.05, 0) is 131 Å². The third kappa shape index (κ3) is 3.59. The number of nitrogens with one attached hydrogen (secondary N) is 1. The maximum atomic E-state index is 11.9. The Labute approximate surface area is 208 Å². The van der Waals surface area contributed by atoms with Crippen molar-refractivity contribution in [2.75, 3.05) is 0 Å². The van der Waals surface area contributed by atoms with Gasteiger partial charge in [-0.15, -0.1) is 0 Å². The fourth-order valence-electron chi connectivity index (χ4n) is 7.69. The molecule has 1 aliphatic heterocycles. The van der Waals surface area contributed by atoms with Crippen molar-refractivity contribution in [1.29, 1.82) is 0 Å². The van der Waals surface area contributed by atoms with Crippen molar-refractivity contribution >= 4 is 39.8 Å². The molecule has 35 heavy (non-hydrogen) atoms. The summed E-state index contributed by atoms with van der Waals surface area (Å²) in [5.41, 5.74) is 4.51. The molecule has 3 aromatic carbocycles. The number of carbonyl (C=O) groups excluding carboxylic acids is 2. The molecule has 4 saturated carbocycles. The zero-order valence-corrected chi connectivity index (χ0v) is 20.2.